The van der Waals surface area contributed by atoms with Crippen LogP contribution in [0.1, 0.15) is 12.5 Å². The molecule has 0 spiro atoms. The van der Waals surface area contributed by atoms with Crippen LogP contribution in [-0.2, 0) is 16.6 Å². The summed E-state index contributed by atoms with van der Waals surface area (Å²) in [4.78, 5) is 0. The van der Waals surface area contributed by atoms with E-state index in [-0.39, 0.29) is 6.04 Å². The molecule has 2 heterocycles. The average molecular weight is 296 g/mol. The normalized spacial score (nSPS) is 27.1. The van der Waals surface area contributed by atoms with Crippen LogP contribution in [0.2, 0.25) is 0 Å². The number of sulfonamides is 1. The average Bonchev–Trinajstić information content (AvgIpc) is 2.75. The number of hydrazine groups is 1. The molecular formula is C13H20N4O2S. The van der Waals surface area contributed by atoms with Crippen LogP contribution in [0.5, 0.6) is 0 Å². The van der Waals surface area contributed by atoms with Crippen LogP contribution in [0, 0.1) is 0 Å². The molecule has 3 rings (SSSR count). The van der Waals surface area contributed by atoms with Crippen LogP contribution in [0.25, 0.3) is 0 Å². The third-order valence-electron chi connectivity index (χ3n) is 3.95. The van der Waals surface area contributed by atoms with Crippen molar-refractivity contribution in [2.24, 2.45) is 0 Å². The van der Waals surface area contributed by atoms with E-state index in [1.54, 1.807) is 4.31 Å². The Morgan fingerprint density at radius 3 is 2.85 bits per heavy atom. The third kappa shape index (κ3) is 2.31. The fourth-order valence-electron chi connectivity index (χ4n) is 2.81. The molecule has 0 radical (unpaired) electrons. The fraction of sp³-hybridized carbons (Fsp3) is 0.538. The first-order chi connectivity index (χ1) is 9.60. The molecule has 3 N–H and O–H groups in total. The first-order valence-electron chi connectivity index (χ1n) is 6.89. The van der Waals surface area contributed by atoms with Gasteiger partial charge in [-0.1, -0.05) is 18.2 Å². The zero-order valence-electron chi connectivity index (χ0n) is 11.5. The number of benzene rings is 1. The number of nitrogens with zero attached hydrogens (tertiary/aromatic N) is 1. The maximum absolute atomic E-state index is 12.9. The van der Waals surface area contributed by atoms with Crippen molar-refractivity contribution in [3.05, 3.63) is 29.8 Å². The van der Waals surface area contributed by atoms with E-state index in [0.717, 1.165) is 11.3 Å². The predicted octanol–water partition coefficient (Wildman–Crippen LogP) is -0.209. The maximum Gasteiger partial charge on any atom is 0.241 e. The minimum absolute atomic E-state index is 0.0941. The maximum atomic E-state index is 12.9. The summed E-state index contributed by atoms with van der Waals surface area (Å²) in [6.07, 6.45) is 0. The minimum atomic E-state index is -3.38. The SMILES string of the molecule is CC1NNCC1S(=O)(=O)N1CCNCc2ccccc21. The van der Waals surface area contributed by atoms with Crippen LogP contribution in [0.4, 0.5) is 5.69 Å². The number of nitrogens with one attached hydrogen (secondary N) is 3. The molecule has 0 saturated carbocycles. The van der Waals surface area contributed by atoms with E-state index in [0.29, 0.717) is 26.2 Å². The minimum Gasteiger partial charge on any atom is -0.311 e. The second kappa shape index (κ2) is 5.33. The third-order valence-corrected chi connectivity index (χ3v) is 6.28. The van der Waals surface area contributed by atoms with E-state index in [1.165, 1.54) is 0 Å². The standard InChI is InChI=1S/C13H20N4O2S/c1-10-13(9-15-16-10)20(18,19)17-7-6-14-8-11-4-2-3-5-12(11)17/h2-5,10,13-16H,6-9H2,1H3. The molecule has 2 aliphatic rings. The fourth-order valence-corrected chi connectivity index (χ4v) is 4.81. The second-order valence-corrected chi connectivity index (χ2v) is 7.35. The van der Waals surface area contributed by atoms with Crippen molar-refractivity contribution < 1.29 is 8.42 Å². The van der Waals surface area contributed by atoms with Gasteiger partial charge in [-0.05, 0) is 18.6 Å². The summed E-state index contributed by atoms with van der Waals surface area (Å²) in [6, 6.07) is 7.60. The lowest BCUT2D eigenvalue weighted by atomic mass is 10.2. The number of rotatable bonds is 2. The molecule has 20 heavy (non-hydrogen) atoms. The number of anilines is 1. The van der Waals surface area contributed by atoms with Gasteiger partial charge >= 0.3 is 0 Å². The molecule has 0 bridgehead atoms. The molecule has 6 nitrogen and oxygen atoms in total. The monoisotopic (exact) mass is 296 g/mol. The van der Waals surface area contributed by atoms with Crippen molar-refractivity contribution >= 4 is 15.7 Å². The van der Waals surface area contributed by atoms with Crippen molar-refractivity contribution in [3.63, 3.8) is 0 Å². The van der Waals surface area contributed by atoms with Crippen molar-refractivity contribution in [2.45, 2.75) is 24.8 Å². The Kier molecular flexibility index (Phi) is 3.68. The number of hydrogen-bond donors (Lipinski definition) is 3. The highest BCUT2D eigenvalue weighted by Crippen LogP contribution is 2.27. The molecule has 2 aliphatic heterocycles. The van der Waals surface area contributed by atoms with Gasteiger partial charge in [-0.25, -0.2) is 8.42 Å². The predicted molar refractivity (Wildman–Crippen MR) is 78.8 cm³/mol. The Morgan fingerprint density at radius 2 is 2.10 bits per heavy atom. The van der Waals surface area contributed by atoms with E-state index in [1.807, 2.05) is 31.2 Å². The molecule has 0 amide bonds. The molecule has 1 aromatic carbocycles. The highest BCUT2D eigenvalue weighted by Gasteiger charge is 2.39. The van der Waals surface area contributed by atoms with Gasteiger partial charge in [0.15, 0.2) is 0 Å². The summed E-state index contributed by atoms with van der Waals surface area (Å²) in [5, 5.41) is 2.83. The summed E-state index contributed by atoms with van der Waals surface area (Å²) < 4.78 is 27.4. The van der Waals surface area contributed by atoms with Gasteiger partial charge < -0.3 is 5.32 Å². The Labute approximate surface area is 119 Å². The highest BCUT2D eigenvalue weighted by molar-refractivity contribution is 7.93. The van der Waals surface area contributed by atoms with Gasteiger partial charge in [0.1, 0.15) is 5.25 Å². The lowest BCUT2D eigenvalue weighted by Crippen LogP contribution is -2.46. The molecule has 1 aromatic rings. The summed E-state index contributed by atoms with van der Waals surface area (Å²) in [7, 11) is -3.38. The summed E-state index contributed by atoms with van der Waals surface area (Å²) >= 11 is 0. The number of para-hydroxylation sites is 1. The molecule has 1 fully saturated rings. The summed E-state index contributed by atoms with van der Waals surface area (Å²) in [5.74, 6) is 0. The largest absolute Gasteiger partial charge is 0.311 e. The first-order valence-corrected chi connectivity index (χ1v) is 8.39. The zero-order valence-corrected chi connectivity index (χ0v) is 12.3. The van der Waals surface area contributed by atoms with Crippen molar-refractivity contribution in [1.29, 1.82) is 0 Å². The summed E-state index contributed by atoms with van der Waals surface area (Å²) in [6.45, 7) is 4.18. The molecule has 0 aliphatic carbocycles. The van der Waals surface area contributed by atoms with E-state index in [2.05, 4.69) is 16.2 Å². The Morgan fingerprint density at radius 1 is 1.30 bits per heavy atom. The lowest BCUT2D eigenvalue weighted by Gasteiger charge is -2.28. The summed E-state index contributed by atoms with van der Waals surface area (Å²) in [5.41, 5.74) is 7.75. The van der Waals surface area contributed by atoms with Gasteiger partial charge in [0.25, 0.3) is 0 Å². The number of fused-ring (bicyclic) bond motifs is 1. The Bertz CT molecular complexity index is 590. The molecule has 110 valence electrons. The highest BCUT2D eigenvalue weighted by atomic mass is 32.2. The van der Waals surface area contributed by atoms with E-state index >= 15 is 0 Å². The molecule has 1 saturated heterocycles. The molecule has 2 atom stereocenters. The van der Waals surface area contributed by atoms with Gasteiger partial charge in [0, 0.05) is 32.2 Å². The van der Waals surface area contributed by atoms with Crippen molar-refractivity contribution in [2.75, 3.05) is 23.9 Å². The van der Waals surface area contributed by atoms with Crippen LogP contribution in [0.3, 0.4) is 0 Å². The lowest BCUT2D eigenvalue weighted by molar-refractivity contribution is 0.556. The van der Waals surface area contributed by atoms with Gasteiger partial charge in [0.05, 0.1) is 5.69 Å². The molecule has 2 unspecified atom stereocenters. The van der Waals surface area contributed by atoms with E-state index < -0.39 is 15.3 Å². The zero-order chi connectivity index (χ0) is 14.2. The van der Waals surface area contributed by atoms with Gasteiger partial charge in [-0.15, -0.1) is 0 Å². The topological polar surface area (TPSA) is 73.5 Å². The van der Waals surface area contributed by atoms with Crippen molar-refractivity contribution in [3.8, 4) is 0 Å². The van der Waals surface area contributed by atoms with Crippen LogP contribution >= 0.6 is 0 Å². The second-order valence-electron chi connectivity index (χ2n) is 5.27. The van der Waals surface area contributed by atoms with Crippen LogP contribution < -0.4 is 20.5 Å². The Balaban J connectivity index is 2.00. The van der Waals surface area contributed by atoms with Gasteiger partial charge in [-0.3, -0.25) is 15.2 Å². The molecular weight excluding hydrogens is 276 g/mol. The number of hydrogen-bond acceptors (Lipinski definition) is 5. The smallest absolute Gasteiger partial charge is 0.241 e. The van der Waals surface area contributed by atoms with Crippen molar-refractivity contribution in [1.82, 2.24) is 16.2 Å². The quantitative estimate of drug-likeness (QED) is 0.704. The molecule has 7 heteroatoms. The van der Waals surface area contributed by atoms with Gasteiger partial charge in [0.2, 0.25) is 10.0 Å². The van der Waals surface area contributed by atoms with Crippen LogP contribution in [-0.4, -0.2) is 39.3 Å². The van der Waals surface area contributed by atoms with Crippen LogP contribution in [0.15, 0.2) is 24.3 Å². The van der Waals surface area contributed by atoms with Gasteiger partial charge in [-0.2, -0.15) is 0 Å². The van der Waals surface area contributed by atoms with E-state index in [9.17, 15) is 8.42 Å². The Hall–Kier alpha value is -1.15. The molecule has 0 aromatic heterocycles. The first kappa shape index (κ1) is 13.8. The van der Waals surface area contributed by atoms with E-state index in [4.69, 9.17) is 0 Å².